The Balaban J connectivity index is 1.39. The van der Waals surface area contributed by atoms with Crippen molar-refractivity contribution in [2.75, 3.05) is 10.0 Å². The molecule has 0 bridgehead atoms. The Kier molecular flexibility index (Phi) is 6.28. The molecule has 40 heavy (non-hydrogen) atoms. The van der Waals surface area contributed by atoms with E-state index in [0.717, 1.165) is 23.2 Å². The van der Waals surface area contributed by atoms with Crippen molar-refractivity contribution in [3.05, 3.63) is 102 Å². The average Bonchev–Trinajstić information content (AvgIpc) is 3.36. The Morgan fingerprint density at radius 3 is 2.58 bits per heavy atom. The van der Waals surface area contributed by atoms with Crippen LogP contribution in [0, 0.1) is 18.6 Å². The lowest BCUT2D eigenvalue weighted by molar-refractivity contribution is 0.588. The van der Waals surface area contributed by atoms with Gasteiger partial charge in [-0.1, -0.05) is 23.7 Å². The molecule has 0 saturated heterocycles. The monoisotopic (exact) mass is 577 g/mol. The number of anilines is 3. The molecule has 0 atom stereocenters. The number of fused-ring (bicyclic) bond motifs is 2. The van der Waals surface area contributed by atoms with Gasteiger partial charge in [0, 0.05) is 5.02 Å². The van der Waals surface area contributed by atoms with Crippen LogP contribution in [0.3, 0.4) is 0 Å². The summed E-state index contributed by atoms with van der Waals surface area (Å²) in [6.45, 7) is 1.56. The van der Waals surface area contributed by atoms with E-state index in [1.165, 1.54) is 24.5 Å². The Morgan fingerprint density at radius 2 is 1.75 bits per heavy atom. The molecule has 0 aliphatic heterocycles. The van der Waals surface area contributed by atoms with Gasteiger partial charge in [-0.3, -0.25) is 9.29 Å². The van der Waals surface area contributed by atoms with Gasteiger partial charge in [-0.2, -0.15) is 0 Å². The third kappa shape index (κ3) is 4.56. The number of hydrogen-bond donors (Lipinski definition) is 2. The maximum atomic E-state index is 15.6. The molecular weight excluding hydrogens is 560 g/mol. The molecule has 0 fully saturated rings. The van der Waals surface area contributed by atoms with Crippen LogP contribution in [0.2, 0.25) is 5.02 Å². The zero-order chi connectivity index (χ0) is 28.0. The highest BCUT2D eigenvalue weighted by atomic mass is 35.5. The second-order valence-corrected chi connectivity index (χ2v) is 10.9. The minimum absolute atomic E-state index is 0.0163. The molecule has 0 saturated carbocycles. The Hall–Kier alpha value is -4.68. The standard InChI is InChI=1S/C27H18ClF2N7O2S/c1-15-12-16(28)6-10-22(15)40(38,39)36-19-8-7-17(29)25(24(19)30)35-27-26-20(31-13-32-27)9-11-23(34-26)37-14-33-18-4-2-3-5-21(18)37/h2-14,36H,1H3,(H,31,32,35). The van der Waals surface area contributed by atoms with Crippen LogP contribution in [0.25, 0.3) is 27.9 Å². The minimum atomic E-state index is -4.21. The number of rotatable bonds is 6. The zero-order valence-corrected chi connectivity index (χ0v) is 22.2. The van der Waals surface area contributed by atoms with E-state index in [-0.39, 0.29) is 16.2 Å². The van der Waals surface area contributed by atoms with Gasteiger partial charge in [0.2, 0.25) is 0 Å². The van der Waals surface area contributed by atoms with Gasteiger partial charge in [-0.05, 0) is 67.1 Å². The van der Waals surface area contributed by atoms with Crippen molar-refractivity contribution < 1.29 is 17.2 Å². The first-order valence-electron chi connectivity index (χ1n) is 11.8. The van der Waals surface area contributed by atoms with Crippen LogP contribution in [-0.4, -0.2) is 32.9 Å². The number of aryl methyl sites for hydroxylation is 1. The summed E-state index contributed by atoms with van der Waals surface area (Å²) >= 11 is 5.93. The Morgan fingerprint density at radius 1 is 0.925 bits per heavy atom. The topological polar surface area (TPSA) is 115 Å². The molecule has 6 aromatic rings. The van der Waals surface area contributed by atoms with Crippen molar-refractivity contribution in [2.24, 2.45) is 0 Å². The van der Waals surface area contributed by atoms with Crippen LogP contribution in [0.15, 0.2) is 84.3 Å². The quantitative estimate of drug-likeness (QED) is 0.244. The predicted molar refractivity (Wildman–Crippen MR) is 149 cm³/mol. The molecule has 2 N–H and O–H groups in total. The summed E-state index contributed by atoms with van der Waals surface area (Å²) in [5, 5.41) is 2.99. The minimum Gasteiger partial charge on any atom is -0.333 e. The molecule has 3 heterocycles. The van der Waals surface area contributed by atoms with Crippen LogP contribution < -0.4 is 10.0 Å². The van der Waals surface area contributed by atoms with E-state index in [1.54, 1.807) is 30.0 Å². The fraction of sp³-hybridized carbons (Fsp3) is 0.0370. The number of sulfonamides is 1. The van der Waals surface area contributed by atoms with Crippen molar-refractivity contribution in [3.63, 3.8) is 0 Å². The van der Waals surface area contributed by atoms with Crippen molar-refractivity contribution in [2.45, 2.75) is 11.8 Å². The molecule has 3 aromatic heterocycles. The second-order valence-electron chi connectivity index (χ2n) is 8.79. The highest BCUT2D eigenvalue weighted by molar-refractivity contribution is 7.92. The fourth-order valence-electron chi connectivity index (χ4n) is 4.28. The van der Waals surface area contributed by atoms with Crippen LogP contribution in [0.4, 0.5) is 26.0 Å². The lowest BCUT2D eigenvalue weighted by atomic mass is 10.2. The SMILES string of the molecule is Cc1cc(Cl)ccc1S(=O)(=O)Nc1ccc(F)c(Nc2ncnc3ccc(-n4cnc5ccccc54)nc23)c1F. The molecular formula is C27H18ClF2N7O2S. The lowest BCUT2D eigenvalue weighted by Crippen LogP contribution is -2.16. The number of pyridine rings is 1. The zero-order valence-electron chi connectivity index (χ0n) is 20.6. The maximum Gasteiger partial charge on any atom is 0.262 e. The van der Waals surface area contributed by atoms with Crippen LogP contribution in [-0.2, 0) is 10.0 Å². The summed E-state index contributed by atoms with van der Waals surface area (Å²) in [6.07, 6.45) is 2.84. The van der Waals surface area contributed by atoms with Crippen molar-refractivity contribution in [1.82, 2.24) is 24.5 Å². The molecule has 0 amide bonds. The van der Waals surface area contributed by atoms with E-state index in [9.17, 15) is 12.8 Å². The smallest absolute Gasteiger partial charge is 0.262 e. The number of nitrogens with one attached hydrogen (secondary N) is 2. The van der Waals surface area contributed by atoms with E-state index in [0.29, 0.717) is 21.9 Å². The average molecular weight is 578 g/mol. The fourth-order valence-corrected chi connectivity index (χ4v) is 5.79. The van der Waals surface area contributed by atoms with E-state index in [4.69, 9.17) is 11.6 Å². The number of nitrogens with zero attached hydrogens (tertiary/aromatic N) is 5. The molecule has 6 rings (SSSR count). The summed E-state index contributed by atoms with van der Waals surface area (Å²) in [5.41, 5.74) is 1.52. The first kappa shape index (κ1) is 25.6. The van der Waals surface area contributed by atoms with Gasteiger partial charge in [0.1, 0.15) is 35.5 Å². The molecule has 0 aliphatic rings. The number of aromatic nitrogens is 5. The summed E-state index contributed by atoms with van der Waals surface area (Å²) in [6, 6.07) is 17.1. The molecule has 0 radical (unpaired) electrons. The van der Waals surface area contributed by atoms with Crippen LogP contribution in [0.1, 0.15) is 5.56 Å². The number of hydrogen-bond acceptors (Lipinski definition) is 7. The largest absolute Gasteiger partial charge is 0.333 e. The lowest BCUT2D eigenvalue weighted by Gasteiger charge is -2.15. The first-order chi connectivity index (χ1) is 19.2. The summed E-state index contributed by atoms with van der Waals surface area (Å²) in [7, 11) is -4.21. The number of imidazole rings is 1. The first-order valence-corrected chi connectivity index (χ1v) is 13.7. The summed E-state index contributed by atoms with van der Waals surface area (Å²) < 4.78 is 60.4. The number of benzene rings is 3. The Labute approximate surface area is 231 Å². The van der Waals surface area contributed by atoms with Crippen LogP contribution in [0.5, 0.6) is 0 Å². The van der Waals surface area contributed by atoms with E-state index < -0.39 is 33.0 Å². The van der Waals surface area contributed by atoms with Gasteiger partial charge in [0.05, 0.1) is 27.1 Å². The Bertz CT molecular complexity index is 2050. The van der Waals surface area contributed by atoms with E-state index in [2.05, 4.69) is 30.0 Å². The van der Waals surface area contributed by atoms with Gasteiger partial charge in [-0.15, -0.1) is 0 Å². The third-order valence-electron chi connectivity index (χ3n) is 6.17. The molecule has 13 heteroatoms. The van der Waals surface area contributed by atoms with Gasteiger partial charge >= 0.3 is 0 Å². The van der Waals surface area contributed by atoms with Gasteiger partial charge in [0.15, 0.2) is 11.6 Å². The molecule has 0 aliphatic carbocycles. The number of para-hydroxylation sites is 2. The van der Waals surface area contributed by atoms with Crippen LogP contribution >= 0.6 is 11.6 Å². The second kappa shape index (κ2) is 9.81. The number of halogens is 3. The van der Waals surface area contributed by atoms with Gasteiger partial charge in [-0.25, -0.2) is 37.1 Å². The summed E-state index contributed by atoms with van der Waals surface area (Å²) in [4.78, 5) is 17.3. The molecule has 0 spiro atoms. The molecule has 3 aromatic carbocycles. The van der Waals surface area contributed by atoms with E-state index in [1.807, 2.05) is 24.3 Å². The predicted octanol–water partition coefficient (Wildman–Crippen LogP) is 6.15. The molecule has 9 nitrogen and oxygen atoms in total. The third-order valence-corrected chi connectivity index (χ3v) is 7.93. The maximum absolute atomic E-state index is 15.6. The van der Waals surface area contributed by atoms with Crippen molar-refractivity contribution >= 4 is 60.9 Å². The van der Waals surface area contributed by atoms with Crippen molar-refractivity contribution in [3.8, 4) is 5.82 Å². The van der Waals surface area contributed by atoms with Gasteiger partial charge in [0.25, 0.3) is 10.0 Å². The van der Waals surface area contributed by atoms with Gasteiger partial charge < -0.3 is 5.32 Å². The highest BCUT2D eigenvalue weighted by Crippen LogP contribution is 2.32. The molecule has 200 valence electrons. The normalized spacial score (nSPS) is 11.7. The van der Waals surface area contributed by atoms with E-state index >= 15 is 4.39 Å². The van der Waals surface area contributed by atoms with Crippen molar-refractivity contribution in [1.29, 1.82) is 0 Å². The summed E-state index contributed by atoms with van der Waals surface area (Å²) in [5.74, 6) is -1.63. The highest BCUT2D eigenvalue weighted by Gasteiger charge is 2.23. The molecule has 0 unspecified atom stereocenters.